The summed E-state index contributed by atoms with van der Waals surface area (Å²) in [5, 5.41) is 4.08. The molecule has 0 aliphatic rings. The van der Waals surface area contributed by atoms with Crippen molar-refractivity contribution in [3.63, 3.8) is 0 Å². The molecule has 0 unspecified atom stereocenters. The van der Waals surface area contributed by atoms with Gasteiger partial charge in [0, 0.05) is 0 Å². The first-order chi connectivity index (χ1) is 6.95. The second-order valence-corrected chi connectivity index (χ2v) is 5.25. The zero-order chi connectivity index (χ0) is 12.8. The van der Waals surface area contributed by atoms with Crippen LogP contribution < -0.4 is 0 Å². The summed E-state index contributed by atoms with van der Waals surface area (Å²) in [6, 6.07) is 12.1. The predicted molar refractivity (Wildman–Crippen MR) is 55.5 cm³/mol. The Morgan fingerprint density at radius 1 is 0.562 bits per heavy atom. The van der Waals surface area contributed by atoms with E-state index >= 15 is 0 Å². The Hall–Kier alpha value is -0.810. The normalized spacial score (nSPS) is 14.6. The quantitative estimate of drug-likeness (QED) is 0.389. The van der Waals surface area contributed by atoms with Crippen LogP contribution in [-0.2, 0) is 0 Å². The molecule has 0 nitrogen and oxygen atoms in total. The van der Waals surface area contributed by atoms with E-state index in [1.54, 1.807) is 11.3 Å². The van der Waals surface area contributed by atoms with Gasteiger partial charge in [-0.1, -0.05) is 36.4 Å². The van der Waals surface area contributed by atoms with Gasteiger partial charge in [-0.15, -0.1) is 0 Å². The molecule has 1 rings (SSSR count). The third-order valence-corrected chi connectivity index (χ3v) is 1.50. The SMILES string of the molecule is F[P-](F)(F)(F)(F)F.c1ccccsccc1. The first-order valence-corrected chi connectivity index (χ1v) is 6.79. The zero-order valence-corrected chi connectivity index (χ0v) is 9.45. The Morgan fingerprint density at radius 2 is 0.812 bits per heavy atom. The first kappa shape index (κ1) is 15.2. The van der Waals surface area contributed by atoms with Crippen molar-refractivity contribution in [3.8, 4) is 0 Å². The summed E-state index contributed by atoms with van der Waals surface area (Å²) in [5.74, 6) is 0. The molecule has 16 heavy (non-hydrogen) atoms. The molecule has 8 heteroatoms. The smallest absolute Gasteiger partial charge is 0.00937 e. The molecule has 0 amide bonds. The van der Waals surface area contributed by atoms with Crippen molar-refractivity contribution < 1.29 is 25.2 Å². The Balaban J connectivity index is 0.000000293. The average molecular weight is 281 g/mol. The molecule has 0 N–H and O–H groups in total. The third-order valence-electron chi connectivity index (χ3n) is 0.870. The monoisotopic (exact) mass is 281 g/mol. The minimum Gasteiger partial charge on any atom is -0.152 e. The van der Waals surface area contributed by atoms with Gasteiger partial charge in [0.1, 0.15) is 0 Å². The van der Waals surface area contributed by atoms with Crippen LogP contribution in [0.4, 0.5) is 25.2 Å². The van der Waals surface area contributed by atoms with E-state index in [0.717, 1.165) is 0 Å². The maximum absolute atomic E-state index is 10.7. The first-order valence-electron chi connectivity index (χ1n) is 3.82. The Bertz CT molecular complexity index is 279. The van der Waals surface area contributed by atoms with Crippen LogP contribution in [0, 0.1) is 0 Å². The van der Waals surface area contributed by atoms with Crippen LogP contribution in [0.2, 0.25) is 0 Å². The largest absolute Gasteiger partial charge is 0.152 e. The molecule has 0 saturated carbocycles. The summed E-state index contributed by atoms with van der Waals surface area (Å²) in [6.45, 7) is 0. The van der Waals surface area contributed by atoms with E-state index in [1.165, 1.54) is 0 Å². The van der Waals surface area contributed by atoms with Gasteiger partial charge in [-0.2, -0.15) is 11.3 Å². The minimum atomic E-state index is -10.7. The molecule has 0 saturated heterocycles. The summed E-state index contributed by atoms with van der Waals surface area (Å²) in [6.07, 6.45) is 0. The zero-order valence-electron chi connectivity index (χ0n) is 7.74. The summed E-state index contributed by atoms with van der Waals surface area (Å²) >= 11 is 1.68. The molecule has 0 atom stereocenters. The summed E-state index contributed by atoms with van der Waals surface area (Å²) in [5.41, 5.74) is 0. The number of hydrogen-bond donors (Lipinski definition) is 0. The van der Waals surface area contributed by atoms with Crippen LogP contribution in [0.1, 0.15) is 0 Å². The van der Waals surface area contributed by atoms with Gasteiger partial charge in [-0.25, -0.2) is 0 Å². The molecule has 0 aromatic carbocycles. The van der Waals surface area contributed by atoms with E-state index in [4.69, 9.17) is 0 Å². The molecule has 0 aliphatic carbocycles. The van der Waals surface area contributed by atoms with Crippen molar-refractivity contribution in [1.82, 2.24) is 0 Å². The van der Waals surface area contributed by atoms with Crippen molar-refractivity contribution in [2.75, 3.05) is 0 Å². The number of hydrogen-bond acceptors (Lipinski definition) is 1. The molecular weight excluding hydrogens is 273 g/mol. The van der Waals surface area contributed by atoms with Gasteiger partial charge in [0.25, 0.3) is 0 Å². The van der Waals surface area contributed by atoms with Crippen molar-refractivity contribution in [2.45, 2.75) is 0 Å². The molecule has 1 heterocycles. The van der Waals surface area contributed by atoms with Crippen molar-refractivity contribution in [3.05, 3.63) is 47.2 Å². The van der Waals surface area contributed by atoms with Crippen LogP contribution >= 0.6 is 19.1 Å². The summed E-state index contributed by atoms with van der Waals surface area (Å²) in [7, 11) is -10.7. The van der Waals surface area contributed by atoms with Gasteiger partial charge in [0.15, 0.2) is 0 Å². The van der Waals surface area contributed by atoms with Crippen molar-refractivity contribution in [2.24, 2.45) is 0 Å². The predicted octanol–water partition coefficient (Wildman–Crippen LogP) is 6.25. The maximum Gasteiger partial charge on any atom is -0.00937 e. The van der Waals surface area contributed by atoms with Crippen LogP contribution in [-0.4, -0.2) is 0 Å². The number of rotatable bonds is 0. The molecule has 0 bridgehead atoms. The maximum atomic E-state index is 9.87. The van der Waals surface area contributed by atoms with E-state index in [-0.39, 0.29) is 0 Å². The Kier molecular flexibility index (Phi) is 4.36. The van der Waals surface area contributed by atoms with E-state index in [9.17, 15) is 25.2 Å². The van der Waals surface area contributed by atoms with Gasteiger partial charge in [-0.3, -0.25) is 0 Å². The topological polar surface area (TPSA) is 0 Å². The van der Waals surface area contributed by atoms with Crippen LogP contribution in [0.25, 0.3) is 0 Å². The standard InChI is InChI=1S/C8H8S.F6P/c1-2-4-6-8-9-7-5-3-1;1-7(2,3,4,5)6/h1-8H;/q;-1. The Labute approximate surface area is 92.1 Å². The molecule has 94 valence electrons. The van der Waals surface area contributed by atoms with Crippen molar-refractivity contribution >= 4 is 19.1 Å². The summed E-state index contributed by atoms with van der Waals surface area (Å²) < 4.78 is 59.2. The van der Waals surface area contributed by atoms with Crippen molar-refractivity contribution in [1.29, 1.82) is 0 Å². The fraction of sp³-hybridized carbons (Fsp3) is 0. The second kappa shape index (κ2) is 4.59. The molecule has 1 aromatic heterocycles. The van der Waals surface area contributed by atoms with Gasteiger partial charge < -0.3 is 0 Å². The molecule has 0 radical (unpaired) electrons. The average Bonchev–Trinajstić information content (AvgIpc) is 2.11. The van der Waals surface area contributed by atoms with E-state index in [2.05, 4.69) is 0 Å². The molecule has 1 aromatic rings. The van der Waals surface area contributed by atoms with Gasteiger partial charge in [-0.05, 0) is 10.8 Å². The van der Waals surface area contributed by atoms with E-state index < -0.39 is 7.81 Å². The molecular formula is C8H8F6PS-. The van der Waals surface area contributed by atoms with Gasteiger partial charge in [0.05, 0.1) is 0 Å². The van der Waals surface area contributed by atoms with Gasteiger partial charge >= 0.3 is 33.0 Å². The van der Waals surface area contributed by atoms with Crippen LogP contribution in [0.5, 0.6) is 0 Å². The second-order valence-electron chi connectivity index (χ2n) is 2.52. The minimum absolute atomic E-state index is 1.68. The fourth-order valence-corrected chi connectivity index (χ4v) is 0.937. The fourth-order valence-electron chi connectivity index (χ4n) is 0.483. The van der Waals surface area contributed by atoms with Crippen LogP contribution in [0.3, 0.4) is 0 Å². The molecule has 0 aliphatic heterocycles. The van der Waals surface area contributed by atoms with Crippen LogP contribution in [0.15, 0.2) is 47.2 Å². The third kappa shape index (κ3) is 29.2. The number of halogens is 6. The van der Waals surface area contributed by atoms with E-state index in [1.807, 2.05) is 47.2 Å². The van der Waals surface area contributed by atoms with E-state index in [0.29, 0.717) is 0 Å². The molecule has 0 fully saturated rings. The summed E-state index contributed by atoms with van der Waals surface area (Å²) in [4.78, 5) is 0. The Morgan fingerprint density at radius 3 is 1.12 bits per heavy atom. The molecule has 0 spiro atoms. The van der Waals surface area contributed by atoms with Gasteiger partial charge in [0.2, 0.25) is 0 Å².